The summed E-state index contributed by atoms with van der Waals surface area (Å²) in [6.45, 7) is 5.37. The van der Waals surface area contributed by atoms with Crippen LogP contribution >= 0.6 is 0 Å². The van der Waals surface area contributed by atoms with E-state index in [0.29, 0.717) is 25.4 Å². The van der Waals surface area contributed by atoms with Gasteiger partial charge in [-0.25, -0.2) is 9.97 Å². The summed E-state index contributed by atoms with van der Waals surface area (Å²) in [5.74, 6) is 2.25. The predicted octanol–water partition coefficient (Wildman–Crippen LogP) is 2.39. The van der Waals surface area contributed by atoms with Crippen LogP contribution in [0, 0.1) is 6.92 Å². The molecule has 6 nitrogen and oxygen atoms in total. The zero-order valence-electron chi connectivity index (χ0n) is 16.7. The van der Waals surface area contributed by atoms with E-state index in [4.69, 9.17) is 9.72 Å². The van der Waals surface area contributed by atoms with Crippen molar-refractivity contribution in [2.75, 3.05) is 26.7 Å². The first kappa shape index (κ1) is 18.9. The molecule has 28 heavy (non-hydrogen) atoms. The van der Waals surface area contributed by atoms with E-state index >= 15 is 0 Å². The van der Waals surface area contributed by atoms with Gasteiger partial charge in [-0.3, -0.25) is 4.79 Å². The summed E-state index contributed by atoms with van der Waals surface area (Å²) in [6.07, 6.45) is 5.40. The fourth-order valence-corrected chi connectivity index (χ4v) is 4.13. The van der Waals surface area contributed by atoms with E-state index in [9.17, 15) is 4.79 Å². The van der Waals surface area contributed by atoms with Crippen LogP contribution in [0.1, 0.15) is 47.0 Å². The number of hydrogen-bond acceptors (Lipinski definition) is 5. The molecule has 1 N–H and O–H groups in total. The lowest BCUT2D eigenvalue weighted by molar-refractivity contribution is -0.131. The number of aryl methyl sites for hydroxylation is 1. The molecule has 0 aliphatic carbocycles. The van der Waals surface area contributed by atoms with Gasteiger partial charge in [-0.15, -0.1) is 0 Å². The molecule has 0 bridgehead atoms. The van der Waals surface area contributed by atoms with Gasteiger partial charge in [-0.05, 0) is 32.4 Å². The second-order valence-corrected chi connectivity index (χ2v) is 7.80. The minimum absolute atomic E-state index is 0.120. The molecule has 1 amide bonds. The predicted molar refractivity (Wildman–Crippen MR) is 107 cm³/mol. The first-order valence-corrected chi connectivity index (χ1v) is 10.1. The number of amides is 1. The van der Waals surface area contributed by atoms with Gasteiger partial charge >= 0.3 is 0 Å². The van der Waals surface area contributed by atoms with Crippen LogP contribution in [0.25, 0.3) is 0 Å². The van der Waals surface area contributed by atoms with Crippen LogP contribution in [0.2, 0.25) is 0 Å². The van der Waals surface area contributed by atoms with Crippen molar-refractivity contribution in [3.63, 3.8) is 0 Å². The third kappa shape index (κ3) is 4.02. The van der Waals surface area contributed by atoms with Crippen molar-refractivity contribution in [3.05, 3.63) is 52.6 Å². The average molecular weight is 380 g/mol. The molecule has 0 unspecified atom stereocenters. The molecule has 0 radical (unpaired) electrons. The van der Waals surface area contributed by atoms with Gasteiger partial charge in [0.05, 0.1) is 19.2 Å². The van der Waals surface area contributed by atoms with Crippen molar-refractivity contribution in [2.45, 2.75) is 45.1 Å². The highest BCUT2D eigenvalue weighted by Crippen LogP contribution is 2.25. The topological polar surface area (TPSA) is 67.3 Å². The molecular formula is C22H28N4O2. The highest BCUT2D eigenvalue weighted by Gasteiger charge is 2.25. The van der Waals surface area contributed by atoms with Crippen LogP contribution in [0.15, 0.2) is 24.4 Å². The van der Waals surface area contributed by atoms with E-state index in [2.05, 4.69) is 10.3 Å². The Morgan fingerprint density at radius 2 is 2.29 bits per heavy atom. The fraction of sp³-hybridized carbons (Fsp3) is 0.500. The molecule has 1 aromatic heterocycles. The van der Waals surface area contributed by atoms with E-state index in [-0.39, 0.29) is 5.91 Å². The molecule has 1 saturated heterocycles. The monoisotopic (exact) mass is 380 g/mol. The number of piperidine rings is 1. The van der Waals surface area contributed by atoms with Gasteiger partial charge in [0.15, 0.2) is 0 Å². The van der Waals surface area contributed by atoms with Crippen LogP contribution in [0.5, 0.6) is 5.75 Å². The Morgan fingerprint density at radius 1 is 1.39 bits per heavy atom. The zero-order valence-corrected chi connectivity index (χ0v) is 16.7. The van der Waals surface area contributed by atoms with E-state index in [1.165, 1.54) is 6.42 Å². The van der Waals surface area contributed by atoms with Crippen LogP contribution in [0.4, 0.5) is 0 Å². The smallest absolute Gasteiger partial charge is 0.227 e. The number of methoxy groups -OCH3 is 1. The SMILES string of the molecule is COc1ccc(C)cc1CC(=O)N1CCc2nc([C@@H]3CCCNC3)ncc2C1. The maximum Gasteiger partial charge on any atom is 0.227 e. The molecule has 0 saturated carbocycles. The summed E-state index contributed by atoms with van der Waals surface area (Å²) in [6, 6.07) is 5.96. The van der Waals surface area contributed by atoms with Crippen molar-refractivity contribution in [1.29, 1.82) is 0 Å². The average Bonchev–Trinajstić information content (AvgIpc) is 2.74. The maximum atomic E-state index is 12.9. The number of fused-ring (bicyclic) bond motifs is 1. The maximum absolute atomic E-state index is 12.9. The number of benzene rings is 1. The van der Waals surface area contributed by atoms with Crippen molar-refractivity contribution in [2.24, 2.45) is 0 Å². The summed E-state index contributed by atoms with van der Waals surface area (Å²) in [5.41, 5.74) is 4.25. The number of ether oxygens (including phenoxy) is 1. The highest BCUT2D eigenvalue weighted by molar-refractivity contribution is 5.80. The van der Waals surface area contributed by atoms with Crippen LogP contribution in [-0.2, 0) is 24.2 Å². The molecule has 2 aromatic rings. The number of aromatic nitrogens is 2. The van der Waals surface area contributed by atoms with Crippen LogP contribution in [0.3, 0.4) is 0 Å². The summed E-state index contributed by atoms with van der Waals surface area (Å²) >= 11 is 0. The summed E-state index contributed by atoms with van der Waals surface area (Å²) in [4.78, 5) is 24.3. The van der Waals surface area contributed by atoms with Gasteiger partial charge in [-0.1, -0.05) is 17.7 Å². The summed E-state index contributed by atoms with van der Waals surface area (Å²) in [7, 11) is 1.65. The van der Waals surface area contributed by atoms with E-state index in [1.54, 1.807) is 7.11 Å². The minimum Gasteiger partial charge on any atom is -0.496 e. The normalized spacial score (nSPS) is 19.2. The molecule has 2 aliphatic rings. The van der Waals surface area contributed by atoms with Crippen molar-refractivity contribution >= 4 is 5.91 Å². The van der Waals surface area contributed by atoms with Gasteiger partial charge in [0.25, 0.3) is 0 Å². The van der Waals surface area contributed by atoms with E-state index in [0.717, 1.165) is 59.9 Å². The molecule has 6 heteroatoms. The van der Waals surface area contributed by atoms with Crippen molar-refractivity contribution in [1.82, 2.24) is 20.2 Å². The zero-order chi connectivity index (χ0) is 19.5. The number of rotatable bonds is 4. The van der Waals surface area contributed by atoms with Crippen LogP contribution < -0.4 is 10.1 Å². The van der Waals surface area contributed by atoms with Gasteiger partial charge in [0.1, 0.15) is 11.6 Å². The highest BCUT2D eigenvalue weighted by atomic mass is 16.5. The van der Waals surface area contributed by atoms with E-state index in [1.807, 2.05) is 36.2 Å². The molecule has 3 heterocycles. The number of nitrogens with zero attached hydrogens (tertiary/aromatic N) is 3. The first-order chi connectivity index (χ1) is 13.6. The lowest BCUT2D eigenvalue weighted by Gasteiger charge is -2.29. The Kier molecular flexibility index (Phi) is 5.57. The second kappa shape index (κ2) is 8.27. The fourth-order valence-electron chi connectivity index (χ4n) is 4.13. The Bertz CT molecular complexity index is 862. The third-order valence-corrected chi connectivity index (χ3v) is 5.74. The standard InChI is InChI=1S/C22H28N4O2/c1-15-5-6-20(28-2)17(10-15)11-21(27)26-9-7-19-18(14-26)13-24-22(25-19)16-4-3-8-23-12-16/h5-6,10,13,16,23H,3-4,7-9,11-12,14H2,1-2H3/t16-/m1/s1. The van der Waals surface area contributed by atoms with Gasteiger partial charge < -0.3 is 15.0 Å². The van der Waals surface area contributed by atoms with Gasteiger partial charge in [0, 0.05) is 49.3 Å². The number of carbonyl (C=O) groups is 1. The minimum atomic E-state index is 0.120. The second-order valence-electron chi connectivity index (χ2n) is 7.80. The molecule has 1 fully saturated rings. The molecule has 1 atom stereocenters. The lowest BCUT2D eigenvalue weighted by atomic mass is 9.98. The molecule has 0 spiro atoms. The first-order valence-electron chi connectivity index (χ1n) is 10.1. The van der Waals surface area contributed by atoms with Crippen molar-refractivity contribution in [3.8, 4) is 5.75 Å². The lowest BCUT2D eigenvalue weighted by Crippen LogP contribution is -2.38. The van der Waals surface area contributed by atoms with Crippen LogP contribution in [-0.4, -0.2) is 47.5 Å². The van der Waals surface area contributed by atoms with Crippen molar-refractivity contribution < 1.29 is 9.53 Å². The molecule has 2 aliphatic heterocycles. The quantitative estimate of drug-likeness (QED) is 0.882. The largest absolute Gasteiger partial charge is 0.496 e. The van der Waals surface area contributed by atoms with Gasteiger partial charge in [0.2, 0.25) is 5.91 Å². The Balaban J connectivity index is 1.45. The Labute approximate surface area is 166 Å². The molecular weight excluding hydrogens is 352 g/mol. The number of carbonyl (C=O) groups excluding carboxylic acids is 1. The van der Waals surface area contributed by atoms with Gasteiger partial charge in [-0.2, -0.15) is 0 Å². The Morgan fingerprint density at radius 3 is 3.07 bits per heavy atom. The number of hydrogen-bond donors (Lipinski definition) is 1. The van der Waals surface area contributed by atoms with E-state index < -0.39 is 0 Å². The molecule has 4 rings (SSSR count). The molecule has 1 aromatic carbocycles. The summed E-state index contributed by atoms with van der Waals surface area (Å²) < 4.78 is 5.42. The third-order valence-electron chi connectivity index (χ3n) is 5.74. The summed E-state index contributed by atoms with van der Waals surface area (Å²) in [5, 5.41) is 3.43. The number of nitrogens with one attached hydrogen (secondary N) is 1. The molecule has 148 valence electrons. The Hall–Kier alpha value is -2.47.